The van der Waals surface area contributed by atoms with Crippen molar-refractivity contribution in [2.45, 2.75) is 12.5 Å². The van der Waals surface area contributed by atoms with Gasteiger partial charge in [-0.15, -0.1) is 0 Å². The molecule has 0 rings (SSSR count). The van der Waals surface area contributed by atoms with Gasteiger partial charge < -0.3 is 20.5 Å². The molecule has 0 radical (unpaired) electrons. The number of ether oxygens (including phenoxy) is 1. The zero-order valence-electron chi connectivity index (χ0n) is 8.40. The number of carboxylic acids is 1. The Balaban J connectivity index is 3.88. The van der Waals surface area contributed by atoms with Crippen LogP contribution in [0, 0.1) is 0 Å². The first-order chi connectivity index (χ1) is 6.49. The topological polar surface area (TPSA) is 92.9 Å². The minimum absolute atomic E-state index is 0.185. The highest BCUT2D eigenvalue weighted by Crippen LogP contribution is 1.95. The number of rotatable bonds is 6. The van der Waals surface area contributed by atoms with Crippen molar-refractivity contribution in [2.75, 3.05) is 27.3 Å². The Morgan fingerprint density at radius 2 is 2.14 bits per heavy atom. The van der Waals surface area contributed by atoms with Crippen molar-refractivity contribution in [3.8, 4) is 0 Å². The van der Waals surface area contributed by atoms with Gasteiger partial charge in [-0.05, 0) is 0 Å². The molecule has 3 N–H and O–H groups in total. The lowest BCUT2D eigenvalue weighted by atomic mass is 10.2. The van der Waals surface area contributed by atoms with Crippen LogP contribution in [0.25, 0.3) is 0 Å². The molecule has 82 valence electrons. The van der Waals surface area contributed by atoms with Gasteiger partial charge in [0.2, 0.25) is 5.91 Å². The molecular weight excluding hydrogens is 188 g/mol. The number of carbonyl (C=O) groups is 2. The van der Waals surface area contributed by atoms with E-state index in [0.717, 1.165) is 0 Å². The Morgan fingerprint density at radius 1 is 1.57 bits per heavy atom. The predicted molar refractivity (Wildman–Crippen MR) is 49.7 cm³/mol. The fourth-order valence-corrected chi connectivity index (χ4v) is 0.784. The molecular formula is C8H16N2O4. The summed E-state index contributed by atoms with van der Waals surface area (Å²) >= 11 is 0. The molecule has 0 fully saturated rings. The lowest BCUT2D eigenvalue weighted by Gasteiger charge is -2.17. The number of methoxy groups -OCH3 is 1. The fourth-order valence-electron chi connectivity index (χ4n) is 0.784. The third-order valence-electron chi connectivity index (χ3n) is 1.77. The van der Waals surface area contributed by atoms with Crippen molar-refractivity contribution in [3.63, 3.8) is 0 Å². The maximum absolute atomic E-state index is 11.3. The molecule has 0 bridgehead atoms. The van der Waals surface area contributed by atoms with Gasteiger partial charge in [0.25, 0.3) is 0 Å². The molecule has 14 heavy (non-hydrogen) atoms. The highest BCUT2D eigenvalue weighted by atomic mass is 16.5. The van der Waals surface area contributed by atoms with Gasteiger partial charge in [-0.1, -0.05) is 0 Å². The summed E-state index contributed by atoms with van der Waals surface area (Å²) in [6, 6.07) is -1.13. The van der Waals surface area contributed by atoms with Gasteiger partial charge in [0.1, 0.15) is 6.04 Å². The van der Waals surface area contributed by atoms with E-state index >= 15 is 0 Å². The van der Waals surface area contributed by atoms with Crippen LogP contribution < -0.4 is 5.73 Å². The Labute approximate surface area is 82.6 Å². The Kier molecular flexibility index (Phi) is 5.82. The molecule has 1 atom stereocenters. The average molecular weight is 204 g/mol. The molecule has 0 aliphatic rings. The van der Waals surface area contributed by atoms with Crippen molar-refractivity contribution in [1.82, 2.24) is 4.90 Å². The summed E-state index contributed by atoms with van der Waals surface area (Å²) in [5, 5.41) is 8.47. The molecule has 0 saturated heterocycles. The number of nitrogens with zero attached hydrogens (tertiary/aromatic N) is 1. The fraction of sp³-hybridized carbons (Fsp3) is 0.750. The molecule has 6 nitrogen and oxygen atoms in total. The summed E-state index contributed by atoms with van der Waals surface area (Å²) in [5.41, 5.74) is 5.21. The second-order valence-electron chi connectivity index (χ2n) is 2.96. The first-order valence-electron chi connectivity index (χ1n) is 4.20. The van der Waals surface area contributed by atoms with E-state index in [9.17, 15) is 9.59 Å². The molecule has 0 saturated carbocycles. The molecule has 0 spiro atoms. The number of carboxylic acid groups (broad SMARTS) is 1. The largest absolute Gasteiger partial charge is 0.480 e. The Bertz CT molecular complexity index is 208. The lowest BCUT2D eigenvalue weighted by Crippen LogP contribution is -2.38. The number of amides is 1. The summed E-state index contributed by atoms with van der Waals surface area (Å²) in [6.07, 6.45) is -0.185. The van der Waals surface area contributed by atoms with Crippen LogP contribution in [0.15, 0.2) is 0 Å². The number of nitrogens with two attached hydrogens (primary N) is 1. The van der Waals surface area contributed by atoms with E-state index in [0.29, 0.717) is 13.2 Å². The quantitative estimate of drug-likeness (QED) is 0.572. The summed E-state index contributed by atoms with van der Waals surface area (Å²) in [6.45, 7) is 0.853. The minimum atomic E-state index is -1.17. The maximum Gasteiger partial charge on any atom is 0.321 e. The molecule has 1 amide bonds. The smallest absolute Gasteiger partial charge is 0.321 e. The van der Waals surface area contributed by atoms with Crippen LogP contribution in [0.4, 0.5) is 0 Å². The van der Waals surface area contributed by atoms with E-state index in [4.69, 9.17) is 15.6 Å². The van der Waals surface area contributed by atoms with Crippen molar-refractivity contribution in [2.24, 2.45) is 5.73 Å². The molecule has 6 heteroatoms. The van der Waals surface area contributed by atoms with E-state index < -0.39 is 12.0 Å². The number of hydrogen-bond acceptors (Lipinski definition) is 4. The number of aliphatic carboxylic acids is 1. The van der Waals surface area contributed by atoms with Gasteiger partial charge in [0, 0.05) is 20.7 Å². The molecule has 0 heterocycles. The molecule has 0 aromatic carbocycles. The Hall–Kier alpha value is -1.14. The summed E-state index contributed by atoms with van der Waals surface area (Å²) in [4.78, 5) is 23.0. The first-order valence-corrected chi connectivity index (χ1v) is 4.20. The van der Waals surface area contributed by atoms with Crippen LogP contribution in [0.2, 0.25) is 0 Å². The minimum Gasteiger partial charge on any atom is -0.480 e. The molecule has 0 aliphatic carbocycles. The monoisotopic (exact) mass is 204 g/mol. The van der Waals surface area contributed by atoms with Gasteiger partial charge in [-0.25, -0.2) is 0 Å². The normalized spacial score (nSPS) is 12.2. The van der Waals surface area contributed by atoms with E-state index in [1.165, 1.54) is 12.0 Å². The SMILES string of the molecule is COCCN(C)C(=O)C[C@H](N)C(=O)O. The highest BCUT2D eigenvalue weighted by molar-refractivity contribution is 5.84. The van der Waals surface area contributed by atoms with Gasteiger partial charge in [-0.2, -0.15) is 0 Å². The molecule has 0 aromatic heterocycles. The van der Waals surface area contributed by atoms with E-state index in [-0.39, 0.29) is 12.3 Å². The number of carbonyl (C=O) groups excluding carboxylic acids is 1. The molecule has 0 aliphatic heterocycles. The second kappa shape index (κ2) is 6.33. The van der Waals surface area contributed by atoms with Crippen molar-refractivity contribution in [1.29, 1.82) is 0 Å². The van der Waals surface area contributed by atoms with Gasteiger partial charge in [0.15, 0.2) is 0 Å². The van der Waals surface area contributed by atoms with Gasteiger partial charge >= 0.3 is 5.97 Å². The zero-order chi connectivity index (χ0) is 11.1. The summed E-state index contributed by atoms with van der Waals surface area (Å²) in [7, 11) is 3.11. The van der Waals surface area contributed by atoms with Crippen molar-refractivity contribution >= 4 is 11.9 Å². The Morgan fingerprint density at radius 3 is 2.57 bits per heavy atom. The highest BCUT2D eigenvalue weighted by Gasteiger charge is 2.18. The van der Waals surface area contributed by atoms with Crippen LogP contribution in [-0.2, 0) is 14.3 Å². The predicted octanol–water partition coefficient (Wildman–Crippen LogP) is -1.11. The van der Waals surface area contributed by atoms with E-state index in [1.54, 1.807) is 7.05 Å². The van der Waals surface area contributed by atoms with Crippen molar-refractivity contribution in [3.05, 3.63) is 0 Å². The number of hydrogen-bond donors (Lipinski definition) is 2. The maximum atomic E-state index is 11.3. The third kappa shape index (κ3) is 4.78. The molecule has 0 aromatic rings. The zero-order valence-corrected chi connectivity index (χ0v) is 8.40. The first kappa shape index (κ1) is 12.9. The van der Waals surface area contributed by atoms with Crippen LogP contribution in [0.5, 0.6) is 0 Å². The standard InChI is InChI=1S/C8H16N2O4/c1-10(3-4-14-2)7(11)5-6(9)8(12)13/h6H,3-5,9H2,1-2H3,(H,12,13)/t6-/m0/s1. The van der Waals surface area contributed by atoms with Crippen LogP contribution >= 0.6 is 0 Å². The summed E-state index contributed by atoms with van der Waals surface area (Å²) < 4.78 is 4.77. The lowest BCUT2D eigenvalue weighted by molar-refractivity contribution is -0.142. The third-order valence-corrected chi connectivity index (χ3v) is 1.77. The van der Waals surface area contributed by atoms with E-state index in [2.05, 4.69) is 0 Å². The van der Waals surface area contributed by atoms with Crippen molar-refractivity contribution < 1.29 is 19.4 Å². The number of likely N-dealkylation sites (N-methyl/N-ethyl adjacent to an activating group) is 1. The second-order valence-corrected chi connectivity index (χ2v) is 2.96. The average Bonchev–Trinajstić information content (AvgIpc) is 2.13. The van der Waals surface area contributed by atoms with Crippen LogP contribution in [-0.4, -0.2) is 55.2 Å². The van der Waals surface area contributed by atoms with Crippen LogP contribution in [0.3, 0.4) is 0 Å². The molecule has 0 unspecified atom stereocenters. The van der Waals surface area contributed by atoms with Gasteiger partial charge in [-0.3, -0.25) is 9.59 Å². The summed E-state index contributed by atoms with van der Waals surface area (Å²) in [5.74, 6) is -1.46. The van der Waals surface area contributed by atoms with E-state index in [1.807, 2.05) is 0 Å². The van der Waals surface area contributed by atoms with Crippen LogP contribution in [0.1, 0.15) is 6.42 Å². The van der Waals surface area contributed by atoms with Gasteiger partial charge in [0.05, 0.1) is 13.0 Å².